The number of rotatable bonds is 6. The molecule has 3 aliphatic heterocycles. The first-order chi connectivity index (χ1) is 31.5. The zero-order valence-electron chi connectivity index (χ0n) is 36.6. The molecule has 0 aromatic heterocycles. The molecule has 9 rings (SSSR count). The number of aliphatic hydroxyl groups is 9. The Labute approximate surface area is 382 Å². The van der Waals surface area contributed by atoms with Crippen molar-refractivity contribution in [2.75, 3.05) is 7.11 Å². The third-order valence-corrected chi connectivity index (χ3v) is 13.9. The molecule has 0 amide bonds. The molecule has 356 valence electrons. The number of hydrogen-bond donors (Lipinski definition) is 15. The average Bonchev–Trinajstić information content (AvgIpc) is 3.65. The van der Waals surface area contributed by atoms with Gasteiger partial charge >= 0.3 is 0 Å². The number of phenolic OH excluding ortho intramolecular Hbond substituents is 6. The Balaban J connectivity index is 0.00000300. The summed E-state index contributed by atoms with van der Waals surface area (Å²) in [4.78, 5) is 0. The van der Waals surface area contributed by atoms with Gasteiger partial charge in [0.1, 0.15) is 70.1 Å². The second-order valence-corrected chi connectivity index (χ2v) is 18.3. The van der Waals surface area contributed by atoms with Crippen molar-refractivity contribution in [3.8, 4) is 40.2 Å². The highest BCUT2D eigenvalue weighted by Gasteiger charge is 2.71. The van der Waals surface area contributed by atoms with Crippen LogP contribution in [0.2, 0.25) is 0 Å². The fourth-order valence-electron chi connectivity index (χ4n) is 10.8. The lowest BCUT2D eigenvalue weighted by Crippen LogP contribution is -2.65. The summed E-state index contributed by atoms with van der Waals surface area (Å²) in [7, 11) is 1.00. The van der Waals surface area contributed by atoms with E-state index < -0.39 is 116 Å². The van der Waals surface area contributed by atoms with Crippen LogP contribution in [0.1, 0.15) is 81.3 Å². The Morgan fingerprint density at radius 3 is 1.96 bits per heavy atom. The van der Waals surface area contributed by atoms with Gasteiger partial charge in [-0.2, -0.15) is 0 Å². The Hall–Kier alpha value is -7.12. The molecule has 3 aliphatic carbocycles. The van der Waals surface area contributed by atoms with Crippen LogP contribution in [0.5, 0.6) is 40.2 Å². The van der Waals surface area contributed by atoms with Crippen LogP contribution in [0.25, 0.3) is 0 Å². The number of ether oxygens (including phenoxy) is 3. The smallest absolute Gasteiger partial charge is 0.183 e. The van der Waals surface area contributed by atoms with Gasteiger partial charge in [0.05, 0.1) is 0 Å². The van der Waals surface area contributed by atoms with E-state index in [1.807, 2.05) is 0 Å². The van der Waals surface area contributed by atoms with Gasteiger partial charge < -0.3 is 90.8 Å². The number of aliphatic hydroxyl groups excluding tert-OH is 7. The Bertz CT molecular complexity index is 2790. The van der Waals surface area contributed by atoms with E-state index in [-0.39, 0.29) is 70.1 Å². The molecule has 67 heavy (non-hydrogen) atoms. The van der Waals surface area contributed by atoms with Gasteiger partial charge in [-0.05, 0) is 54.3 Å². The molecule has 0 saturated carbocycles. The van der Waals surface area contributed by atoms with Crippen LogP contribution in [0.3, 0.4) is 0 Å². The standard InChI is InChI=1S/C48H48O17.CH4O/c1-45(2,41-39-30(55)14-22(49)15-37(39)64-43(42(41)60)21-5-8-26(51)29(54)13-21)40-31(56)16-24-35(17-32(40)57)65-44(46(3)11-10-27(52)33(58)19-46)48(24,62)47(61)23-6-9-34(63-36(23)18-38(47)59)20-4-7-25(50)28(53)12-20;1-2/h4-5,7-8,10-15,17-18,34,41-44,49-62H,6,9,16,19H2,1-3H3;2H,1H3. The van der Waals surface area contributed by atoms with Crippen LogP contribution in [0.15, 0.2) is 130 Å². The predicted molar refractivity (Wildman–Crippen MR) is 235 cm³/mol. The van der Waals surface area contributed by atoms with E-state index in [0.29, 0.717) is 5.56 Å². The van der Waals surface area contributed by atoms with Gasteiger partial charge in [-0.15, -0.1) is 0 Å². The molecule has 3 aromatic rings. The van der Waals surface area contributed by atoms with Crippen molar-refractivity contribution in [1.29, 1.82) is 0 Å². The van der Waals surface area contributed by atoms with Gasteiger partial charge in [0, 0.05) is 83.3 Å². The van der Waals surface area contributed by atoms with Crippen LogP contribution in [0, 0.1) is 10.8 Å². The quantitative estimate of drug-likeness (QED) is 0.118. The highest BCUT2D eigenvalue weighted by atomic mass is 16.5. The summed E-state index contributed by atoms with van der Waals surface area (Å²) in [6, 6.07) is 10.1. The van der Waals surface area contributed by atoms with Gasteiger partial charge in [-0.25, -0.2) is 0 Å². The molecule has 18 heteroatoms. The van der Waals surface area contributed by atoms with Crippen LogP contribution < -0.4 is 4.74 Å². The van der Waals surface area contributed by atoms with E-state index in [4.69, 9.17) is 19.3 Å². The van der Waals surface area contributed by atoms with Gasteiger partial charge in [0.25, 0.3) is 0 Å². The number of hydrogen-bond acceptors (Lipinski definition) is 18. The van der Waals surface area contributed by atoms with E-state index in [9.17, 15) is 71.5 Å². The molecule has 0 saturated heterocycles. The monoisotopic (exact) mass is 928 g/mol. The maximum atomic E-state index is 13.6. The average molecular weight is 929 g/mol. The molecule has 0 bridgehead atoms. The van der Waals surface area contributed by atoms with E-state index in [1.165, 1.54) is 48.6 Å². The highest BCUT2D eigenvalue weighted by molar-refractivity contribution is 5.61. The summed E-state index contributed by atoms with van der Waals surface area (Å²) in [5.74, 6) is -7.23. The van der Waals surface area contributed by atoms with Gasteiger partial charge in [-0.3, -0.25) is 0 Å². The maximum absolute atomic E-state index is 13.6. The van der Waals surface area contributed by atoms with Crippen molar-refractivity contribution < 1.29 is 90.8 Å². The molecule has 15 N–H and O–H groups in total. The normalized spacial score (nSPS) is 30.2. The minimum absolute atomic E-state index is 0.0125. The van der Waals surface area contributed by atoms with Crippen molar-refractivity contribution in [3.63, 3.8) is 0 Å². The van der Waals surface area contributed by atoms with Crippen LogP contribution in [-0.4, -0.2) is 107 Å². The summed E-state index contributed by atoms with van der Waals surface area (Å²) in [5.41, 5.74) is -8.46. The van der Waals surface area contributed by atoms with Crippen molar-refractivity contribution in [1.82, 2.24) is 0 Å². The lowest BCUT2D eigenvalue weighted by atomic mass is 9.61. The van der Waals surface area contributed by atoms with Crippen molar-refractivity contribution in [3.05, 3.63) is 147 Å². The Morgan fingerprint density at radius 2 is 1.31 bits per heavy atom. The predicted octanol–water partition coefficient (Wildman–Crippen LogP) is 6.46. The lowest BCUT2D eigenvalue weighted by molar-refractivity contribution is -0.172. The Morgan fingerprint density at radius 1 is 0.687 bits per heavy atom. The van der Waals surface area contributed by atoms with Crippen LogP contribution in [0.4, 0.5) is 0 Å². The summed E-state index contributed by atoms with van der Waals surface area (Å²) in [6.45, 7) is 4.66. The molecule has 18 nitrogen and oxygen atoms in total. The molecule has 0 radical (unpaired) electrons. The van der Waals surface area contributed by atoms with Gasteiger partial charge in [-0.1, -0.05) is 39.0 Å². The molecular weight excluding hydrogens is 877 g/mol. The summed E-state index contributed by atoms with van der Waals surface area (Å²) in [6.07, 6.45) is -1.34. The molecule has 3 aromatic carbocycles. The molecule has 8 atom stereocenters. The first kappa shape index (κ1) is 46.4. The second-order valence-electron chi connectivity index (χ2n) is 18.3. The number of fused-ring (bicyclic) bond motifs is 1. The lowest BCUT2D eigenvalue weighted by Gasteiger charge is -2.49. The molecule has 8 unspecified atom stereocenters. The summed E-state index contributed by atoms with van der Waals surface area (Å²) >= 11 is 0. The minimum atomic E-state index is -2.77. The highest BCUT2D eigenvalue weighted by Crippen LogP contribution is 2.63. The van der Waals surface area contributed by atoms with E-state index in [0.717, 1.165) is 31.4 Å². The van der Waals surface area contributed by atoms with E-state index in [2.05, 4.69) is 0 Å². The molecular formula is C49H52O18. The summed E-state index contributed by atoms with van der Waals surface area (Å²) < 4.78 is 18.9. The first-order valence-corrected chi connectivity index (χ1v) is 21.2. The van der Waals surface area contributed by atoms with Crippen LogP contribution >= 0.6 is 0 Å². The van der Waals surface area contributed by atoms with E-state index in [1.54, 1.807) is 20.8 Å². The second kappa shape index (κ2) is 16.0. The SMILES string of the molecule is CC1(C2OC3=C(CC(O)=C(C(C)(C)C4c5c(O)cc(O)cc5OC(c5ccc(O)c(O)c5)C4O)C(O)=C3)C2(O)C2(O)C(O)=CC3=C2CCC(c2ccc(O)c(O)c2)O3)C=CC(O)=C(O)C1.CO. The van der Waals surface area contributed by atoms with Crippen molar-refractivity contribution >= 4 is 0 Å². The third kappa shape index (κ3) is 6.92. The maximum Gasteiger partial charge on any atom is 0.183 e. The number of benzene rings is 3. The minimum Gasteiger partial charge on any atom is -0.512 e. The van der Waals surface area contributed by atoms with Crippen molar-refractivity contribution in [2.24, 2.45) is 10.8 Å². The fraction of sp³-hybridized carbons (Fsp3) is 0.347. The van der Waals surface area contributed by atoms with Gasteiger partial charge in [0.15, 0.2) is 46.1 Å². The summed E-state index contributed by atoms with van der Waals surface area (Å²) in [5, 5.41) is 166. The molecule has 0 spiro atoms. The van der Waals surface area contributed by atoms with E-state index >= 15 is 0 Å². The fourth-order valence-corrected chi connectivity index (χ4v) is 10.8. The zero-order valence-corrected chi connectivity index (χ0v) is 36.6. The van der Waals surface area contributed by atoms with Crippen LogP contribution in [-0.2, 0) is 9.47 Å². The largest absolute Gasteiger partial charge is 0.512 e. The third-order valence-electron chi connectivity index (χ3n) is 13.9. The molecule has 3 heterocycles. The molecule has 0 fully saturated rings. The number of phenols is 6. The molecule has 6 aliphatic rings. The number of aromatic hydroxyl groups is 6. The topological polar surface area (TPSA) is 331 Å². The van der Waals surface area contributed by atoms with Gasteiger partial charge in [0.2, 0.25) is 0 Å². The first-order valence-electron chi connectivity index (χ1n) is 21.2. The van der Waals surface area contributed by atoms with Crippen molar-refractivity contribution in [2.45, 2.75) is 88.0 Å². The zero-order chi connectivity index (χ0) is 48.9. The Kier molecular flexibility index (Phi) is 11.1. The number of allylic oxidation sites excluding steroid dienone is 6.